The molecule has 1 heterocycles. The molecule has 23 heavy (non-hydrogen) atoms. The van der Waals surface area contributed by atoms with Gasteiger partial charge in [-0.05, 0) is 69.1 Å². The van der Waals surface area contributed by atoms with Crippen LogP contribution in [0.2, 0.25) is 0 Å². The molecule has 0 aliphatic rings. The Morgan fingerprint density at radius 1 is 1.22 bits per heavy atom. The average molecular weight is 314 g/mol. The molecule has 0 aliphatic heterocycles. The number of hydrogen-bond donors (Lipinski definition) is 1. The fourth-order valence-corrected chi connectivity index (χ4v) is 2.16. The van der Waals surface area contributed by atoms with E-state index >= 15 is 0 Å². The highest BCUT2D eigenvalue weighted by atomic mass is 16.5. The molecule has 0 aliphatic carbocycles. The summed E-state index contributed by atoms with van der Waals surface area (Å²) in [4.78, 5) is 16.3. The summed E-state index contributed by atoms with van der Waals surface area (Å²) in [6.07, 6.45) is 4.33. The van der Waals surface area contributed by atoms with E-state index in [0.717, 1.165) is 36.4 Å². The van der Waals surface area contributed by atoms with Crippen molar-refractivity contribution in [1.29, 1.82) is 0 Å². The second-order valence-electron chi connectivity index (χ2n) is 5.05. The van der Waals surface area contributed by atoms with Crippen LogP contribution < -0.4 is 5.73 Å². The number of rotatable bonds is 8. The summed E-state index contributed by atoms with van der Waals surface area (Å²) >= 11 is 0. The van der Waals surface area contributed by atoms with Gasteiger partial charge < -0.3 is 14.9 Å². The van der Waals surface area contributed by atoms with Crippen LogP contribution in [-0.2, 0) is 4.74 Å². The Balaban J connectivity index is 2.16. The zero-order valence-electron chi connectivity index (χ0n) is 13.3. The highest BCUT2D eigenvalue weighted by Gasteiger charge is 2.09. The summed E-state index contributed by atoms with van der Waals surface area (Å²) in [5.41, 5.74) is 7.73. The summed E-state index contributed by atoms with van der Waals surface area (Å²) in [5, 5.41) is 0. The molecule has 2 aromatic rings. The maximum atomic E-state index is 11.7. The van der Waals surface area contributed by atoms with Crippen LogP contribution in [-0.4, -0.2) is 24.8 Å². The van der Waals surface area contributed by atoms with Gasteiger partial charge in [-0.1, -0.05) is 0 Å². The standard InChI is InChI=1S/C18H22N2O3/c1-2-22-18(21)14-8-10-15(11-9-14)20-16(6-3-4-12-19)17-7-5-13-23-17/h5,7-11,13H,2-4,6,12,19H2,1H3. The van der Waals surface area contributed by atoms with Gasteiger partial charge in [-0.25, -0.2) is 9.79 Å². The maximum Gasteiger partial charge on any atom is 0.338 e. The number of unbranched alkanes of at least 4 members (excludes halogenated alkanes) is 1. The van der Waals surface area contributed by atoms with Gasteiger partial charge in [0, 0.05) is 0 Å². The van der Waals surface area contributed by atoms with Gasteiger partial charge in [0.1, 0.15) is 5.76 Å². The van der Waals surface area contributed by atoms with Crippen molar-refractivity contribution in [2.24, 2.45) is 10.7 Å². The molecule has 0 radical (unpaired) electrons. The Morgan fingerprint density at radius 2 is 2.00 bits per heavy atom. The minimum absolute atomic E-state index is 0.322. The van der Waals surface area contributed by atoms with E-state index in [4.69, 9.17) is 14.9 Å². The fraction of sp³-hybridized carbons (Fsp3) is 0.333. The van der Waals surface area contributed by atoms with Gasteiger partial charge in [0.2, 0.25) is 0 Å². The van der Waals surface area contributed by atoms with Crippen LogP contribution in [0.4, 0.5) is 5.69 Å². The minimum atomic E-state index is -0.322. The largest absolute Gasteiger partial charge is 0.463 e. The number of aliphatic imine (C=N–C) groups is 1. The number of benzene rings is 1. The third-order valence-corrected chi connectivity index (χ3v) is 3.32. The van der Waals surface area contributed by atoms with Gasteiger partial charge in [-0.15, -0.1) is 0 Å². The molecule has 0 bridgehead atoms. The lowest BCUT2D eigenvalue weighted by Crippen LogP contribution is -2.04. The molecular weight excluding hydrogens is 292 g/mol. The number of nitrogens with two attached hydrogens (primary N) is 1. The summed E-state index contributed by atoms with van der Waals surface area (Å²) < 4.78 is 10.4. The van der Waals surface area contributed by atoms with Crippen molar-refractivity contribution in [3.05, 3.63) is 54.0 Å². The molecule has 122 valence electrons. The number of carbonyl (C=O) groups is 1. The van der Waals surface area contributed by atoms with E-state index in [2.05, 4.69) is 4.99 Å². The second-order valence-corrected chi connectivity index (χ2v) is 5.05. The molecule has 0 unspecified atom stereocenters. The van der Waals surface area contributed by atoms with Crippen molar-refractivity contribution in [3.63, 3.8) is 0 Å². The molecule has 0 fully saturated rings. The zero-order valence-corrected chi connectivity index (χ0v) is 13.3. The number of hydrogen-bond acceptors (Lipinski definition) is 5. The monoisotopic (exact) mass is 314 g/mol. The molecule has 5 heteroatoms. The zero-order chi connectivity index (χ0) is 16.5. The topological polar surface area (TPSA) is 77.8 Å². The highest BCUT2D eigenvalue weighted by molar-refractivity contribution is 5.99. The Labute approximate surface area is 136 Å². The predicted octanol–water partition coefficient (Wildman–Crippen LogP) is 3.71. The number of furan rings is 1. The Hall–Kier alpha value is -2.40. The van der Waals surface area contributed by atoms with Crippen molar-refractivity contribution in [2.75, 3.05) is 13.2 Å². The predicted molar refractivity (Wildman–Crippen MR) is 90.2 cm³/mol. The molecule has 1 aromatic heterocycles. The molecular formula is C18H22N2O3. The van der Waals surface area contributed by atoms with Gasteiger partial charge in [0.25, 0.3) is 0 Å². The van der Waals surface area contributed by atoms with Gasteiger partial charge in [0.15, 0.2) is 0 Å². The first kappa shape index (κ1) is 17.0. The van der Waals surface area contributed by atoms with Crippen LogP contribution in [0.15, 0.2) is 52.1 Å². The van der Waals surface area contributed by atoms with Crippen LogP contribution in [0, 0.1) is 0 Å². The van der Waals surface area contributed by atoms with E-state index < -0.39 is 0 Å². The summed E-state index contributed by atoms with van der Waals surface area (Å²) in [7, 11) is 0. The number of carbonyl (C=O) groups excluding carboxylic acids is 1. The molecule has 0 atom stereocenters. The maximum absolute atomic E-state index is 11.7. The highest BCUT2D eigenvalue weighted by Crippen LogP contribution is 2.18. The lowest BCUT2D eigenvalue weighted by molar-refractivity contribution is 0.0526. The molecule has 1 aromatic carbocycles. The van der Waals surface area contributed by atoms with Gasteiger partial charge in [-0.3, -0.25) is 0 Å². The Kier molecular flexibility index (Phi) is 6.56. The minimum Gasteiger partial charge on any atom is -0.463 e. The normalized spacial score (nSPS) is 11.5. The number of nitrogens with zero attached hydrogens (tertiary/aromatic N) is 1. The van der Waals surface area contributed by atoms with Crippen LogP contribution in [0.25, 0.3) is 0 Å². The van der Waals surface area contributed by atoms with Crippen LogP contribution >= 0.6 is 0 Å². The number of esters is 1. The van der Waals surface area contributed by atoms with Crippen molar-refractivity contribution in [3.8, 4) is 0 Å². The summed E-state index contributed by atoms with van der Waals surface area (Å²) in [6, 6.07) is 10.8. The quantitative estimate of drug-likeness (QED) is 0.458. The van der Waals surface area contributed by atoms with Crippen LogP contribution in [0.5, 0.6) is 0 Å². The van der Waals surface area contributed by atoms with Crippen LogP contribution in [0.3, 0.4) is 0 Å². The first-order valence-electron chi connectivity index (χ1n) is 7.83. The van der Waals surface area contributed by atoms with Crippen molar-refractivity contribution in [2.45, 2.75) is 26.2 Å². The van der Waals surface area contributed by atoms with Gasteiger partial charge in [0.05, 0.1) is 29.8 Å². The average Bonchev–Trinajstić information content (AvgIpc) is 3.09. The molecule has 2 rings (SSSR count). The molecule has 0 amide bonds. The van der Waals surface area contributed by atoms with Crippen molar-refractivity contribution < 1.29 is 13.9 Å². The van der Waals surface area contributed by atoms with E-state index in [1.807, 2.05) is 12.1 Å². The lowest BCUT2D eigenvalue weighted by atomic mass is 10.1. The van der Waals surface area contributed by atoms with E-state index in [-0.39, 0.29) is 5.97 Å². The van der Waals surface area contributed by atoms with Gasteiger partial charge in [-0.2, -0.15) is 0 Å². The van der Waals surface area contributed by atoms with E-state index in [0.29, 0.717) is 18.7 Å². The summed E-state index contributed by atoms with van der Waals surface area (Å²) in [5.74, 6) is 0.439. The third-order valence-electron chi connectivity index (χ3n) is 3.32. The van der Waals surface area contributed by atoms with Crippen molar-refractivity contribution in [1.82, 2.24) is 0 Å². The fourth-order valence-electron chi connectivity index (χ4n) is 2.16. The lowest BCUT2D eigenvalue weighted by Gasteiger charge is -2.05. The first-order chi connectivity index (χ1) is 11.2. The van der Waals surface area contributed by atoms with E-state index in [1.165, 1.54) is 0 Å². The Bertz CT molecular complexity index is 631. The molecule has 5 nitrogen and oxygen atoms in total. The van der Waals surface area contributed by atoms with E-state index in [1.54, 1.807) is 37.5 Å². The first-order valence-corrected chi connectivity index (χ1v) is 7.83. The SMILES string of the molecule is CCOC(=O)c1ccc(N=C(CCCCN)c2ccco2)cc1. The van der Waals surface area contributed by atoms with E-state index in [9.17, 15) is 4.79 Å². The summed E-state index contributed by atoms with van der Waals surface area (Å²) in [6.45, 7) is 2.82. The smallest absolute Gasteiger partial charge is 0.338 e. The molecule has 0 spiro atoms. The molecule has 0 saturated carbocycles. The Morgan fingerprint density at radius 3 is 2.61 bits per heavy atom. The molecule has 0 saturated heterocycles. The molecule has 2 N–H and O–H groups in total. The number of ether oxygens (including phenoxy) is 1. The van der Waals surface area contributed by atoms with Crippen LogP contribution in [0.1, 0.15) is 42.3 Å². The third kappa shape index (κ3) is 5.07. The van der Waals surface area contributed by atoms with Gasteiger partial charge >= 0.3 is 5.97 Å². The second kappa shape index (κ2) is 8.90. The van der Waals surface area contributed by atoms with Crippen molar-refractivity contribution >= 4 is 17.4 Å².